The Balaban J connectivity index is 2.56. The average Bonchev–Trinajstić information content (AvgIpc) is 2.60. The number of benzene rings is 2. The third-order valence-electron chi connectivity index (χ3n) is 3.50. The van der Waals surface area contributed by atoms with Gasteiger partial charge in [-0.2, -0.15) is 5.26 Å². The number of methoxy groups -OCH3 is 3. The summed E-state index contributed by atoms with van der Waals surface area (Å²) in [4.78, 5) is 0. The molecule has 0 aliphatic rings. The number of allylic oxidation sites excluding steroid dienone is 1. The fraction of sp³-hybridized carbons (Fsp3) is 0.211. The predicted molar refractivity (Wildman–Crippen MR) is 90.8 cm³/mol. The lowest BCUT2D eigenvalue weighted by Gasteiger charge is -2.13. The van der Waals surface area contributed by atoms with Crippen molar-refractivity contribution in [3.63, 3.8) is 0 Å². The normalized spacial score (nSPS) is 10.8. The number of hydrogen-bond acceptors (Lipinski definition) is 4. The van der Waals surface area contributed by atoms with Crippen molar-refractivity contribution in [2.75, 3.05) is 21.3 Å². The van der Waals surface area contributed by atoms with Gasteiger partial charge in [-0.25, -0.2) is 0 Å². The standard InChI is InChI=1S/C19H19NO3/c1-13-5-7-14(8-6-13)9-15(12-20)16-10-18(22-3)19(23-4)11-17(16)21-2/h5-11H,1-4H3. The van der Waals surface area contributed by atoms with E-state index in [-0.39, 0.29) is 0 Å². The minimum Gasteiger partial charge on any atom is -0.496 e. The Labute approximate surface area is 136 Å². The quantitative estimate of drug-likeness (QED) is 0.617. The van der Waals surface area contributed by atoms with E-state index in [2.05, 4.69) is 6.07 Å². The second-order valence-corrected chi connectivity index (χ2v) is 4.99. The van der Waals surface area contributed by atoms with E-state index in [1.807, 2.05) is 37.3 Å². The molecule has 118 valence electrons. The van der Waals surface area contributed by atoms with Gasteiger partial charge in [-0.1, -0.05) is 29.8 Å². The minimum atomic E-state index is 0.492. The van der Waals surface area contributed by atoms with Crippen LogP contribution in [-0.2, 0) is 0 Å². The summed E-state index contributed by atoms with van der Waals surface area (Å²) < 4.78 is 16.0. The zero-order chi connectivity index (χ0) is 16.8. The number of nitriles is 1. The summed E-state index contributed by atoms with van der Waals surface area (Å²) in [5.74, 6) is 1.66. The van der Waals surface area contributed by atoms with Gasteiger partial charge in [-0.05, 0) is 24.6 Å². The zero-order valence-electron chi connectivity index (χ0n) is 13.7. The molecule has 2 rings (SSSR count). The smallest absolute Gasteiger partial charge is 0.164 e. The molecule has 2 aromatic rings. The van der Waals surface area contributed by atoms with Crippen molar-refractivity contribution < 1.29 is 14.2 Å². The van der Waals surface area contributed by atoms with Gasteiger partial charge in [0.15, 0.2) is 11.5 Å². The van der Waals surface area contributed by atoms with Crippen LogP contribution in [-0.4, -0.2) is 21.3 Å². The maximum atomic E-state index is 9.56. The van der Waals surface area contributed by atoms with Crippen LogP contribution in [0.2, 0.25) is 0 Å². The second-order valence-electron chi connectivity index (χ2n) is 4.99. The molecule has 0 radical (unpaired) electrons. The summed E-state index contributed by atoms with van der Waals surface area (Å²) in [6.07, 6.45) is 1.82. The minimum absolute atomic E-state index is 0.492. The van der Waals surface area contributed by atoms with Crippen LogP contribution < -0.4 is 14.2 Å². The van der Waals surface area contributed by atoms with E-state index in [1.165, 1.54) is 5.56 Å². The van der Waals surface area contributed by atoms with Gasteiger partial charge < -0.3 is 14.2 Å². The molecule has 2 aromatic carbocycles. The van der Waals surface area contributed by atoms with Crippen molar-refractivity contribution in [2.24, 2.45) is 0 Å². The fourth-order valence-corrected chi connectivity index (χ4v) is 2.24. The molecule has 0 aliphatic carbocycles. The Kier molecular flexibility index (Phi) is 5.27. The van der Waals surface area contributed by atoms with Crippen LogP contribution in [0.15, 0.2) is 36.4 Å². The molecular formula is C19H19NO3. The molecule has 0 unspecified atom stereocenters. The maximum Gasteiger partial charge on any atom is 0.164 e. The Morgan fingerprint density at radius 3 is 2.00 bits per heavy atom. The Morgan fingerprint density at radius 1 is 0.913 bits per heavy atom. The SMILES string of the molecule is COc1cc(OC)c(C(C#N)=Cc2ccc(C)cc2)cc1OC. The summed E-state index contributed by atoms with van der Waals surface area (Å²) in [7, 11) is 4.68. The van der Waals surface area contributed by atoms with Crippen LogP contribution in [0, 0.1) is 18.3 Å². The number of hydrogen-bond donors (Lipinski definition) is 0. The van der Waals surface area contributed by atoms with Crippen molar-refractivity contribution in [2.45, 2.75) is 6.92 Å². The highest BCUT2D eigenvalue weighted by Crippen LogP contribution is 2.38. The van der Waals surface area contributed by atoms with E-state index < -0.39 is 0 Å². The van der Waals surface area contributed by atoms with E-state index in [0.29, 0.717) is 28.4 Å². The van der Waals surface area contributed by atoms with Crippen LogP contribution in [0.5, 0.6) is 17.2 Å². The summed E-state index contributed by atoms with van der Waals surface area (Å²) in [6.45, 7) is 2.02. The molecule has 0 saturated heterocycles. The highest BCUT2D eigenvalue weighted by molar-refractivity contribution is 5.92. The maximum absolute atomic E-state index is 9.56. The van der Waals surface area contributed by atoms with Crippen LogP contribution >= 0.6 is 0 Å². The molecule has 0 fully saturated rings. The van der Waals surface area contributed by atoms with Gasteiger partial charge in [-0.15, -0.1) is 0 Å². The van der Waals surface area contributed by atoms with Crippen molar-refractivity contribution in [1.82, 2.24) is 0 Å². The summed E-state index contributed by atoms with van der Waals surface area (Å²) in [5, 5.41) is 9.56. The summed E-state index contributed by atoms with van der Waals surface area (Å²) in [6, 6.07) is 13.7. The Hall–Kier alpha value is -2.93. The van der Waals surface area contributed by atoms with Gasteiger partial charge >= 0.3 is 0 Å². The number of nitrogens with zero attached hydrogens (tertiary/aromatic N) is 1. The first-order valence-electron chi connectivity index (χ1n) is 7.11. The lowest BCUT2D eigenvalue weighted by molar-refractivity contribution is 0.348. The largest absolute Gasteiger partial charge is 0.496 e. The highest BCUT2D eigenvalue weighted by atomic mass is 16.5. The van der Waals surface area contributed by atoms with Gasteiger partial charge in [0.2, 0.25) is 0 Å². The average molecular weight is 309 g/mol. The molecule has 0 saturated carbocycles. The molecule has 0 aliphatic heterocycles. The van der Waals surface area contributed by atoms with E-state index in [9.17, 15) is 5.26 Å². The lowest BCUT2D eigenvalue weighted by Crippen LogP contribution is -1.96. The van der Waals surface area contributed by atoms with Gasteiger partial charge in [-0.3, -0.25) is 0 Å². The van der Waals surface area contributed by atoms with Crippen LogP contribution in [0.1, 0.15) is 16.7 Å². The molecule has 0 spiro atoms. The first-order valence-corrected chi connectivity index (χ1v) is 7.11. The highest BCUT2D eigenvalue weighted by Gasteiger charge is 2.15. The number of ether oxygens (including phenoxy) is 3. The Morgan fingerprint density at radius 2 is 1.48 bits per heavy atom. The zero-order valence-corrected chi connectivity index (χ0v) is 13.7. The van der Waals surface area contributed by atoms with Gasteiger partial charge in [0.25, 0.3) is 0 Å². The topological polar surface area (TPSA) is 51.5 Å². The van der Waals surface area contributed by atoms with Crippen molar-refractivity contribution >= 4 is 11.6 Å². The fourth-order valence-electron chi connectivity index (χ4n) is 2.24. The van der Waals surface area contributed by atoms with E-state index in [0.717, 1.165) is 5.56 Å². The van der Waals surface area contributed by atoms with Crippen LogP contribution in [0.4, 0.5) is 0 Å². The lowest BCUT2D eigenvalue weighted by atomic mass is 10.0. The molecule has 0 heterocycles. The van der Waals surface area contributed by atoms with Crippen molar-refractivity contribution in [1.29, 1.82) is 5.26 Å². The third kappa shape index (κ3) is 3.64. The molecule has 0 aromatic heterocycles. The molecule has 4 heteroatoms. The molecule has 0 bridgehead atoms. The molecule has 0 amide bonds. The molecule has 4 nitrogen and oxygen atoms in total. The van der Waals surface area contributed by atoms with E-state index >= 15 is 0 Å². The van der Waals surface area contributed by atoms with Crippen molar-refractivity contribution in [3.05, 3.63) is 53.1 Å². The first-order chi connectivity index (χ1) is 11.1. The first kappa shape index (κ1) is 16.4. The second kappa shape index (κ2) is 7.37. The van der Waals surface area contributed by atoms with Gasteiger partial charge in [0, 0.05) is 11.6 Å². The summed E-state index contributed by atoms with van der Waals surface area (Å²) >= 11 is 0. The van der Waals surface area contributed by atoms with Crippen LogP contribution in [0.25, 0.3) is 11.6 Å². The molecular weight excluding hydrogens is 290 g/mol. The van der Waals surface area contributed by atoms with E-state index in [1.54, 1.807) is 33.5 Å². The Bertz CT molecular complexity index is 755. The summed E-state index contributed by atoms with van der Waals surface area (Å²) in [5.41, 5.74) is 3.27. The van der Waals surface area contributed by atoms with Gasteiger partial charge in [0.05, 0.1) is 33.0 Å². The molecule has 23 heavy (non-hydrogen) atoms. The van der Waals surface area contributed by atoms with Crippen LogP contribution in [0.3, 0.4) is 0 Å². The number of aryl methyl sites for hydroxylation is 1. The molecule has 0 atom stereocenters. The monoisotopic (exact) mass is 309 g/mol. The third-order valence-corrected chi connectivity index (χ3v) is 3.50. The van der Waals surface area contributed by atoms with E-state index in [4.69, 9.17) is 14.2 Å². The van der Waals surface area contributed by atoms with Gasteiger partial charge in [0.1, 0.15) is 5.75 Å². The van der Waals surface area contributed by atoms with Crippen molar-refractivity contribution in [3.8, 4) is 23.3 Å². The predicted octanol–water partition coefficient (Wildman–Crippen LogP) is 4.09. The molecule has 0 N–H and O–H groups in total. The number of rotatable bonds is 5.